The van der Waals surface area contributed by atoms with Crippen molar-refractivity contribution in [2.75, 3.05) is 11.5 Å². The number of aliphatic hydroxyl groups is 1. The minimum atomic E-state index is -0.654. The molecule has 2 aromatic carbocycles. The van der Waals surface area contributed by atoms with E-state index < -0.39 is 6.10 Å². The number of fused-ring (bicyclic) bond motifs is 1. The van der Waals surface area contributed by atoms with Gasteiger partial charge in [0.25, 0.3) is 5.91 Å². The Morgan fingerprint density at radius 1 is 1.18 bits per heavy atom. The monoisotopic (exact) mass is 317 g/mol. The highest BCUT2D eigenvalue weighted by Crippen LogP contribution is 2.35. The highest BCUT2D eigenvalue weighted by Gasteiger charge is 2.33. The maximum Gasteiger partial charge on any atom is 0.268 e. The summed E-state index contributed by atoms with van der Waals surface area (Å²) < 4.78 is 5.70. The number of carbonyl (C=O) groups is 1. The van der Waals surface area contributed by atoms with Crippen molar-refractivity contribution in [3.63, 3.8) is 0 Å². The van der Waals surface area contributed by atoms with Crippen LogP contribution in [0.3, 0.4) is 0 Å². The molecule has 0 spiro atoms. The number of nitrogens with zero attached hydrogens (tertiary/aromatic N) is 1. The minimum Gasteiger partial charge on any atom is -0.478 e. The maximum atomic E-state index is 12.6. The first kappa shape index (κ1) is 14.9. The Hall–Kier alpha value is -2.04. The molecule has 0 aromatic heterocycles. The van der Waals surface area contributed by atoms with E-state index in [1.807, 2.05) is 42.5 Å². The molecule has 0 saturated carbocycles. The van der Waals surface area contributed by atoms with Crippen molar-refractivity contribution in [3.8, 4) is 5.75 Å². The summed E-state index contributed by atoms with van der Waals surface area (Å²) in [4.78, 5) is 14.3. The summed E-state index contributed by atoms with van der Waals surface area (Å²) in [7, 11) is 0. The van der Waals surface area contributed by atoms with Gasteiger partial charge in [-0.25, -0.2) is 0 Å². The summed E-state index contributed by atoms with van der Waals surface area (Å²) in [6.45, 7) is 0.325. The number of benzene rings is 2. The quantitative estimate of drug-likeness (QED) is 0.943. The second kappa shape index (κ2) is 6.38. The predicted molar refractivity (Wildman–Crippen MR) is 85.2 cm³/mol. The van der Waals surface area contributed by atoms with Crippen LogP contribution >= 0.6 is 11.6 Å². The van der Waals surface area contributed by atoms with Gasteiger partial charge in [0.1, 0.15) is 5.75 Å². The van der Waals surface area contributed by atoms with Gasteiger partial charge in [0.15, 0.2) is 6.10 Å². The molecule has 1 unspecified atom stereocenters. The Bertz CT molecular complexity index is 689. The fraction of sp³-hybridized carbons (Fsp3) is 0.235. The van der Waals surface area contributed by atoms with Crippen molar-refractivity contribution in [2.24, 2.45) is 0 Å². The van der Waals surface area contributed by atoms with E-state index in [-0.39, 0.29) is 18.9 Å². The van der Waals surface area contributed by atoms with E-state index in [0.29, 0.717) is 17.3 Å². The Morgan fingerprint density at radius 2 is 2.00 bits per heavy atom. The normalized spacial score (nSPS) is 17.1. The van der Waals surface area contributed by atoms with Gasteiger partial charge in [0.2, 0.25) is 0 Å². The first-order valence-corrected chi connectivity index (χ1v) is 7.49. The standard InChI is InChI=1S/C17H16ClNO3/c18-13-5-3-4-12(10-13)11-19-14-6-1-2-7-15(14)22-16(8-9-20)17(19)21/h1-7,10,16,20H,8-9,11H2. The second-order valence-corrected chi connectivity index (χ2v) is 5.58. The van der Waals surface area contributed by atoms with Crippen LogP contribution in [-0.4, -0.2) is 23.7 Å². The minimum absolute atomic E-state index is 0.0937. The summed E-state index contributed by atoms with van der Waals surface area (Å²) in [5.74, 6) is 0.510. The van der Waals surface area contributed by atoms with E-state index in [2.05, 4.69) is 0 Å². The zero-order valence-electron chi connectivity index (χ0n) is 11.9. The van der Waals surface area contributed by atoms with Crippen molar-refractivity contribution < 1.29 is 14.6 Å². The van der Waals surface area contributed by atoms with Gasteiger partial charge in [-0.15, -0.1) is 0 Å². The van der Waals surface area contributed by atoms with Gasteiger partial charge in [-0.3, -0.25) is 4.79 Å². The van der Waals surface area contributed by atoms with E-state index in [1.54, 1.807) is 11.0 Å². The molecule has 1 N–H and O–H groups in total. The van der Waals surface area contributed by atoms with Crippen molar-refractivity contribution >= 4 is 23.2 Å². The third kappa shape index (κ3) is 2.93. The number of anilines is 1. The Morgan fingerprint density at radius 3 is 2.77 bits per heavy atom. The molecule has 1 aliphatic rings. The van der Waals surface area contributed by atoms with Crippen LogP contribution in [0.5, 0.6) is 5.75 Å². The zero-order chi connectivity index (χ0) is 15.5. The van der Waals surface area contributed by atoms with Gasteiger partial charge in [-0.05, 0) is 29.8 Å². The summed E-state index contributed by atoms with van der Waals surface area (Å²) in [6, 6.07) is 14.8. The second-order valence-electron chi connectivity index (χ2n) is 5.14. The number of ether oxygens (including phenoxy) is 1. The third-order valence-corrected chi connectivity index (χ3v) is 3.82. The molecule has 0 aliphatic carbocycles. The summed E-state index contributed by atoms with van der Waals surface area (Å²) in [5, 5.41) is 9.77. The fourth-order valence-electron chi connectivity index (χ4n) is 2.56. The first-order chi connectivity index (χ1) is 10.7. The highest BCUT2D eigenvalue weighted by atomic mass is 35.5. The number of para-hydroxylation sites is 2. The van der Waals surface area contributed by atoms with E-state index in [0.717, 1.165) is 11.3 Å². The molecule has 114 valence electrons. The van der Waals surface area contributed by atoms with Crippen LogP contribution in [0, 0.1) is 0 Å². The number of hydrogen-bond acceptors (Lipinski definition) is 3. The average molecular weight is 318 g/mol. The van der Waals surface area contributed by atoms with Crippen LogP contribution in [0.2, 0.25) is 5.02 Å². The zero-order valence-corrected chi connectivity index (χ0v) is 12.7. The van der Waals surface area contributed by atoms with Crippen LogP contribution in [0.25, 0.3) is 0 Å². The molecule has 1 amide bonds. The molecule has 1 atom stereocenters. The van der Waals surface area contributed by atoms with Crippen LogP contribution < -0.4 is 9.64 Å². The van der Waals surface area contributed by atoms with Gasteiger partial charge in [0.05, 0.1) is 12.2 Å². The SMILES string of the molecule is O=C1C(CCO)Oc2ccccc2N1Cc1cccc(Cl)c1. The predicted octanol–water partition coefficient (Wildman–Crippen LogP) is 3.02. The largest absolute Gasteiger partial charge is 0.478 e. The molecule has 3 rings (SSSR count). The molecule has 0 fully saturated rings. The lowest BCUT2D eigenvalue weighted by Crippen LogP contribution is -2.45. The van der Waals surface area contributed by atoms with Crippen molar-refractivity contribution in [1.82, 2.24) is 0 Å². The molecule has 4 nitrogen and oxygen atoms in total. The maximum absolute atomic E-state index is 12.6. The summed E-state index contributed by atoms with van der Waals surface area (Å²) >= 11 is 6.02. The lowest BCUT2D eigenvalue weighted by atomic mass is 10.1. The first-order valence-electron chi connectivity index (χ1n) is 7.11. The average Bonchev–Trinajstić information content (AvgIpc) is 2.52. The molecular weight excluding hydrogens is 302 g/mol. The van der Waals surface area contributed by atoms with Crippen LogP contribution in [0.1, 0.15) is 12.0 Å². The number of hydrogen-bond donors (Lipinski definition) is 1. The lowest BCUT2D eigenvalue weighted by molar-refractivity contribution is -0.127. The molecule has 2 aromatic rings. The summed E-state index contributed by atoms with van der Waals surface area (Å²) in [5.41, 5.74) is 1.68. The summed E-state index contributed by atoms with van der Waals surface area (Å²) in [6.07, 6.45) is -0.377. The van der Waals surface area contributed by atoms with Gasteiger partial charge in [-0.1, -0.05) is 35.9 Å². The van der Waals surface area contributed by atoms with E-state index >= 15 is 0 Å². The highest BCUT2D eigenvalue weighted by molar-refractivity contribution is 6.30. The van der Waals surface area contributed by atoms with Crippen molar-refractivity contribution in [2.45, 2.75) is 19.1 Å². The Kier molecular flexibility index (Phi) is 4.32. The third-order valence-electron chi connectivity index (χ3n) is 3.59. The van der Waals surface area contributed by atoms with Crippen LogP contribution in [-0.2, 0) is 11.3 Å². The van der Waals surface area contributed by atoms with Crippen LogP contribution in [0.15, 0.2) is 48.5 Å². The van der Waals surface area contributed by atoms with E-state index in [1.165, 1.54) is 0 Å². The molecule has 0 saturated heterocycles. The molecule has 22 heavy (non-hydrogen) atoms. The molecule has 0 radical (unpaired) electrons. The number of aliphatic hydroxyl groups excluding tert-OH is 1. The topological polar surface area (TPSA) is 49.8 Å². The van der Waals surface area contributed by atoms with E-state index in [4.69, 9.17) is 21.4 Å². The molecule has 5 heteroatoms. The van der Waals surface area contributed by atoms with Gasteiger partial charge >= 0.3 is 0 Å². The number of carbonyl (C=O) groups excluding carboxylic acids is 1. The molecule has 1 aliphatic heterocycles. The molecule has 1 heterocycles. The van der Waals surface area contributed by atoms with Gasteiger partial charge in [-0.2, -0.15) is 0 Å². The van der Waals surface area contributed by atoms with Crippen LogP contribution in [0.4, 0.5) is 5.69 Å². The number of halogens is 1. The Labute approximate surface area is 133 Å². The lowest BCUT2D eigenvalue weighted by Gasteiger charge is -2.34. The smallest absolute Gasteiger partial charge is 0.268 e. The number of amides is 1. The molecular formula is C17H16ClNO3. The number of rotatable bonds is 4. The van der Waals surface area contributed by atoms with Crippen molar-refractivity contribution in [3.05, 3.63) is 59.1 Å². The Balaban J connectivity index is 1.94. The van der Waals surface area contributed by atoms with E-state index in [9.17, 15) is 4.79 Å². The fourth-order valence-corrected chi connectivity index (χ4v) is 2.77. The van der Waals surface area contributed by atoms with Crippen molar-refractivity contribution in [1.29, 1.82) is 0 Å². The van der Waals surface area contributed by atoms with Gasteiger partial charge in [0, 0.05) is 18.1 Å². The molecule has 0 bridgehead atoms. The van der Waals surface area contributed by atoms with Gasteiger partial charge < -0.3 is 14.7 Å².